The molecule has 2 N–H and O–H groups in total. The second kappa shape index (κ2) is 4.70. The summed E-state index contributed by atoms with van der Waals surface area (Å²) in [7, 11) is -3.76. The molecule has 1 aromatic rings. The number of nitrogens with one attached hydrogen (secondary N) is 1. The topological polar surface area (TPSA) is 83.5 Å². The highest BCUT2D eigenvalue weighted by Gasteiger charge is 2.25. The number of benzene rings is 1. The van der Waals surface area contributed by atoms with Gasteiger partial charge in [0.15, 0.2) is 0 Å². The first-order valence-electron chi connectivity index (χ1n) is 5.75. The molecule has 2 rings (SSSR count). The fourth-order valence-electron chi connectivity index (χ4n) is 1.69. The van der Waals surface area contributed by atoms with E-state index in [1.165, 1.54) is 19.1 Å². The number of carboxylic acid groups (broad SMARTS) is 1. The van der Waals surface area contributed by atoms with E-state index in [4.69, 9.17) is 5.11 Å². The maximum atomic E-state index is 11.9. The third-order valence-corrected chi connectivity index (χ3v) is 4.50. The van der Waals surface area contributed by atoms with Crippen LogP contribution in [-0.2, 0) is 14.8 Å². The minimum atomic E-state index is -3.76. The van der Waals surface area contributed by atoms with Gasteiger partial charge in [0.2, 0.25) is 10.0 Å². The second-order valence-corrected chi connectivity index (χ2v) is 6.24. The lowest BCUT2D eigenvalue weighted by atomic mass is 10.1. The van der Waals surface area contributed by atoms with Crippen molar-refractivity contribution in [2.45, 2.75) is 36.6 Å². The van der Waals surface area contributed by atoms with Crippen molar-refractivity contribution in [3.63, 3.8) is 0 Å². The Balaban J connectivity index is 2.16. The molecule has 18 heavy (non-hydrogen) atoms. The van der Waals surface area contributed by atoms with Crippen LogP contribution in [0.3, 0.4) is 0 Å². The lowest BCUT2D eigenvalue weighted by molar-refractivity contribution is -0.138. The van der Waals surface area contributed by atoms with E-state index in [0.29, 0.717) is 5.92 Å². The molecule has 6 heteroatoms. The number of carboxylic acids is 1. The molecule has 0 spiro atoms. The van der Waals surface area contributed by atoms with E-state index in [2.05, 4.69) is 4.72 Å². The Labute approximate surface area is 106 Å². The molecule has 0 radical (unpaired) electrons. The predicted octanol–water partition coefficient (Wildman–Crippen LogP) is 1.32. The maximum Gasteiger partial charge on any atom is 0.321 e. The van der Waals surface area contributed by atoms with Crippen LogP contribution in [0.5, 0.6) is 0 Å². The number of rotatable bonds is 5. The van der Waals surface area contributed by atoms with Gasteiger partial charge in [-0.25, -0.2) is 8.42 Å². The van der Waals surface area contributed by atoms with Gasteiger partial charge < -0.3 is 5.11 Å². The molecule has 0 aromatic heterocycles. The molecule has 1 fully saturated rings. The van der Waals surface area contributed by atoms with Gasteiger partial charge in [-0.3, -0.25) is 4.79 Å². The Morgan fingerprint density at radius 2 is 1.89 bits per heavy atom. The average Bonchev–Trinajstić information content (AvgIpc) is 3.12. The van der Waals surface area contributed by atoms with Crippen molar-refractivity contribution >= 4 is 16.0 Å². The van der Waals surface area contributed by atoms with E-state index in [1.54, 1.807) is 12.1 Å². The van der Waals surface area contributed by atoms with Crippen molar-refractivity contribution in [3.05, 3.63) is 29.8 Å². The summed E-state index contributed by atoms with van der Waals surface area (Å²) in [4.78, 5) is 10.7. The highest BCUT2D eigenvalue weighted by atomic mass is 32.2. The number of hydrogen-bond donors (Lipinski definition) is 2. The Kier molecular flexibility index (Phi) is 3.41. The van der Waals surface area contributed by atoms with E-state index in [-0.39, 0.29) is 4.90 Å². The molecule has 1 aromatic carbocycles. The first-order valence-corrected chi connectivity index (χ1v) is 7.23. The van der Waals surface area contributed by atoms with Crippen LogP contribution >= 0.6 is 0 Å². The molecule has 1 aliphatic carbocycles. The molecule has 0 bridgehead atoms. The molecule has 0 saturated heterocycles. The van der Waals surface area contributed by atoms with E-state index >= 15 is 0 Å². The van der Waals surface area contributed by atoms with E-state index in [0.717, 1.165) is 18.4 Å². The van der Waals surface area contributed by atoms with E-state index in [1.807, 2.05) is 0 Å². The fourth-order valence-corrected chi connectivity index (χ4v) is 2.88. The van der Waals surface area contributed by atoms with Gasteiger partial charge in [-0.1, -0.05) is 12.1 Å². The first-order chi connectivity index (χ1) is 8.40. The Morgan fingerprint density at radius 1 is 1.33 bits per heavy atom. The van der Waals surface area contributed by atoms with Crippen LogP contribution in [0.1, 0.15) is 31.2 Å². The van der Waals surface area contributed by atoms with Crippen molar-refractivity contribution < 1.29 is 18.3 Å². The van der Waals surface area contributed by atoms with Crippen LogP contribution in [0.15, 0.2) is 29.2 Å². The first kappa shape index (κ1) is 13.0. The summed E-state index contributed by atoms with van der Waals surface area (Å²) in [5.41, 5.74) is 1.14. The van der Waals surface area contributed by atoms with Crippen LogP contribution in [0.4, 0.5) is 0 Å². The summed E-state index contributed by atoms with van der Waals surface area (Å²) >= 11 is 0. The zero-order valence-electron chi connectivity index (χ0n) is 9.96. The number of hydrogen-bond acceptors (Lipinski definition) is 3. The van der Waals surface area contributed by atoms with Crippen LogP contribution in [-0.4, -0.2) is 25.5 Å². The smallest absolute Gasteiger partial charge is 0.321 e. The van der Waals surface area contributed by atoms with Gasteiger partial charge in [-0.05, 0) is 43.4 Å². The third-order valence-electron chi connectivity index (χ3n) is 2.94. The van der Waals surface area contributed by atoms with Crippen LogP contribution in [0.25, 0.3) is 0 Å². The van der Waals surface area contributed by atoms with Crippen molar-refractivity contribution in [1.29, 1.82) is 0 Å². The Bertz CT molecular complexity index is 546. The molecule has 1 aliphatic rings. The molecular formula is C12H15NO4S. The SMILES string of the molecule is C[C@@H](NS(=O)(=O)c1ccc(C2CC2)cc1)C(=O)O. The third kappa shape index (κ3) is 2.88. The van der Waals surface area contributed by atoms with E-state index in [9.17, 15) is 13.2 Å². The largest absolute Gasteiger partial charge is 0.480 e. The average molecular weight is 269 g/mol. The minimum Gasteiger partial charge on any atom is -0.480 e. The Hall–Kier alpha value is -1.40. The van der Waals surface area contributed by atoms with Gasteiger partial charge in [-0.15, -0.1) is 0 Å². The second-order valence-electron chi connectivity index (χ2n) is 4.52. The molecule has 1 saturated carbocycles. The maximum absolute atomic E-state index is 11.9. The fraction of sp³-hybridized carbons (Fsp3) is 0.417. The quantitative estimate of drug-likeness (QED) is 0.844. The molecular weight excluding hydrogens is 254 g/mol. The summed E-state index contributed by atoms with van der Waals surface area (Å²) in [5.74, 6) is -0.638. The molecule has 5 nitrogen and oxygen atoms in total. The van der Waals surface area contributed by atoms with Crippen LogP contribution in [0, 0.1) is 0 Å². The molecule has 0 heterocycles. The summed E-state index contributed by atoms with van der Waals surface area (Å²) in [6.07, 6.45) is 2.31. The molecule has 0 amide bonds. The molecule has 98 valence electrons. The van der Waals surface area contributed by atoms with Gasteiger partial charge in [0, 0.05) is 0 Å². The van der Waals surface area contributed by atoms with Crippen molar-refractivity contribution in [2.24, 2.45) is 0 Å². The summed E-state index contributed by atoms with van der Waals surface area (Å²) in [5, 5.41) is 8.69. The lowest BCUT2D eigenvalue weighted by Crippen LogP contribution is -2.38. The van der Waals surface area contributed by atoms with Gasteiger partial charge in [0.05, 0.1) is 4.90 Å². The number of carbonyl (C=O) groups is 1. The standard InChI is InChI=1S/C12H15NO4S/c1-8(12(14)15)13-18(16,17)11-6-4-10(5-7-11)9-2-3-9/h4-9,13H,2-3H2,1H3,(H,14,15)/t8-/m1/s1. The van der Waals surface area contributed by atoms with Crippen molar-refractivity contribution in [1.82, 2.24) is 4.72 Å². The highest BCUT2D eigenvalue weighted by molar-refractivity contribution is 7.89. The number of aliphatic carboxylic acids is 1. The van der Waals surface area contributed by atoms with Crippen LogP contribution < -0.4 is 4.72 Å². The monoisotopic (exact) mass is 269 g/mol. The van der Waals surface area contributed by atoms with E-state index < -0.39 is 22.0 Å². The molecule has 0 unspecified atom stereocenters. The zero-order valence-corrected chi connectivity index (χ0v) is 10.8. The zero-order chi connectivity index (χ0) is 13.3. The number of sulfonamides is 1. The van der Waals surface area contributed by atoms with Gasteiger partial charge in [-0.2, -0.15) is 4.72 Å². The summed E-state index contributed by atoms with van der Waals surface area (Å²) in [6.45, 7) is 1.29. The van der Waals surface area contributed by atoms with Gasteiger partial charge in [0.1, 0.15) is 6.04 Å². The lowest BCUT2D eigenvalue weighted by Gasteiger charge is -2.10. The highest BCUT2D eigenvalue weighted by Crippen LogP contribution is 2.40. The van der Waals surface area contributed by atoms with Crippen LogP contribution in [0.2, 0.25) is 0 Å². The van der Waals surface area contributed by atoms with Gasteiger partial charge in [0.25, 0.3) is 0 Å². The molecule has 0 aliphatic heterocycles. The summed E-state index contributed by atoms with van der Waals surface area (Å²) < 4.78 is 25.8. The minimum absolute atomic E-state index is 0.0972. The van der Waals surface area contributed by atoms with Crippen molar-refractivity contribution in [3.8, 4) is 0 Å². The Morgan fingerprint density at radius 3 is 2.33 bits per heavy atom. The molecule has 1 atom stereocenters. The van der Waals surface area contributed by atoms with Crippen molar-refractivity contribution in [2.75, 3.05) is 0 Å². The normalized spacial score (nSPS) is 17.4. The predicted molar refractivity (Wildman–Crippen MR) is 65.8 cm³/mol. The van der Waals surface area contributed by atoms with Gasteiger partial charge >= 0.3 is 5.97 Å². The summed E-state index contributed by atoms with van der Waals surface area (Å²) in [6, 6.07) is 5.47.